The second kappa shape index (κ2) is 6.38. The molecular weight excluding hydrogens is 256 g/mol. The predicted octanol–water partition coefficient (Wildman–Crippen LogP) is 1.32. The summed E-state index contributed by atoms with van der Waals surface area (Å²) >= 11 is 0. The molecule has 0 unspecified atom stereocenters. The van der Waals surface area contributed by atoms with E-state index in [-0.39, 0.29) is 0 Å². The molecule has 0 saturated carbocycles. The van der Waals surface area contributed by atoms with Gasteiger partial charge in [0.2, 0.25) is 0 Å². The molecule has 102 valence electrons. The first-order valence-electron chi connectivity index (χ1n) is 6.14. The van der Waals surface area contributed by atoms with Crippen LogP contribution in [0.3, 0.4) is 0 Å². The number of hydrogen-bond donors (Lipinski definition) is 1. The molecule has 0 fully saturated rings. The second-order valence-electron chi connectivity index (χ2n) is 4.20. The third-order valence-electron chi connectivity index (χ3n) is 2.68. The van der Waals surface area contributed by atoms with E-state index in [2.05, 4.69) is 11.2 Å². The maximum atomic E-state index is 10.9. The van der Waals surface area contributed by atoms with Crippen LogP contribution in [-0.2, 0) is 6.54 Å². The number of nitrogens with two attached hydrogens (primary N) is 1. The van der Waals surface area contributed by atoms with E-state index in [1.165, 1.54) is 6.20 Å². The Morgan fingerprint density at radius 2 is 2.35 bits per heavy atom. The van der Waals surface area contributed by atoms with Gasteiger partial charge in [-0.2, -0.15) is 10.4 Å². The average Bonchev–Trinajstić information content (AvgIpc) is 2.93. The number of nitriles is 1. The number of aryl methyl sites for hydroxylation is 1. The van der Waals surface area contributed by atoms with E-state index in [0.717, 1.165) is 6.42 Å². The molecule has 1 heterocycles. The first-order valence-corrected chi connectivity index (χ1v) is 6.14. The number of aromatic nitrogens is 2. The van der Waals surface area contributed by atoms with Gasteiger partial charge in [0.15, 0.2) is 0 Å². The van der Waals surface area contributed by atoms with Crippen molar-refractivity contribution in [3.8, 4) is 11.8 Å². The van der Waals surface area contributed by atoms with Crippen LogP contribution in [0.2, 0.25) is 0 Å². The van der Waals surface area contributed by atoms with Gasteiger partial charge >= 0.3 is 0 Å². The fourth-order valence-electron chi connectivity index (χ4n) is 1.69. The lowest BCUT2D eigenvalue weighted by Gasteiger charge is -2.06. The molecule has 1 amide bonds. The molecule has 2 rings (SSSR count). The van der Waals surface area contributed by atoms with Crippen molar-refractivity contribution in [1.82, 2.24) is 9.78 Å². The lowest BCUT2D eigenvalue weighted by molar-refractivity contribution is 0.1000. The van der Waals surface area contributed by atoms with Gasteiger partial charge in [-0.25, -0.2) is 0 Å². The summed E-state index contributed by atoms with van der Waals surface area (Å²) in [7, 11) is 0. The normalized spacial score (nSPS) is 9.95. The van der Waals surface area contributed by atoms with Gasteiger partial charge in [-0.3, -0.25) is 9.48 Å². The highest BCUT2D eigenvalue weighted by atomic mass is 16.5. The second-order valence-corrected chi connectivity index (χ2v) is 4.20. The molecule has 2 N–H and O–H groups in total. The Hall–Kier alpha value is -2.81. The fraction of sp³-hybridized carbons (Fsp3) is 0.214. The van der Waals surface area contributed by atoms with Crippen LogP contribution in [0.4, 0.5) is 0 Å². The number of rotatable bonds is 6. The van der Waals surface area contributed by atoms with Crippen LogP contribution >= 0.6 is 0 Å². The molecule has 0 bridgehead atoms. The van der Waals surface area contributed by atoms with Crippen molar-refractivity contribution in [2.75, 3.05) is 6.61 Å². The van der Waals surface area contributed by atoms with Crippen LogP contribution in [-0.4, -0.2) is 22.3 Å². The van der Waals surface area contributed by atoms with Crippen LogP contribution in [0.5, 0.6) is 5.75 Å². The highest BCUT2D eigenvalue weighted by molar-refractivity contribution is 5.92. The SMILES string of the molecule is N#Cc1cccc(OCCCn2cc(C(N)=O)cn2)c1. The monoisotopic (exact) mass is 270 g/mol. The molecule has 0 spiro atoms. The Morgan fingerprint density at radius 1 is 1.50 bits per heavy atom. The topological polar surface area (TPSA) is 93.9 Å². The minimum atomic E-state index is -0.485. The zero-order chi connectivity index (χ0) is 14.4. The predicted molar refractivity (Wildman–Crippen MR) is 72.0 cm³/mol. The molecule has 20 heavy (non-hydrogen) atoms. The molecule has 2 aromatic rings. The lowest BCUT2D eigenvalue weighted by atomic mass is 10.2. The third kappa shape index (κ3) is 3.59. The van der Waals surface area contributed by atoms with Crippen molar-refractivity contribution in [2.24, 2.45) is 5.73 Å². The Labute approximate surface area is 116 Å². The summed E-state index contributed by atoms with van der Waals surface area (Å²) in [5, 5.41) is 12.8. The largest absolute Gasteiger partial charge is 0.493 e. The standard InChI is InChI=1S/C14H14N4O2/c15-8-11-3-1-4-13(7-11)20-6-2-5-18-10-12(9-17-18)14(16)19/h1,3-4,7,9-10H,2,5-6H2,(H2,16,19). The summed E-state index contributed by atoms with van der Waals surface area (Å²) in [4.78, 5) is 10.9. The van der Waals surface area contributed by atoms with E-state index < -0.39 is 5.91 Å². The minimum Gasteiger partial charge on any atom is -0.493 e. The number of nitrogens with zero attached hydrogens (tertiary/aromatic N) is 3. The molecule has 0 aliphatic rings. The van der Waals surface area contributed by atoms with Crippen LogP contribution in [0, 0.1) is 11.3 Å². The first kappa shape index (κ1) is 13.6. The van der Waals surface area contributed by atoms with Crippen molar-refractivity contribution < 1.29 is 9.53 Å². The molecular formula is C14H14N4O2. The summed E-state index contributed by atoms with van der Waals surface area (Å²) in [5.41, 5.74) is 6.11. The van der Waals surface area contributed by atoms with Crippen molar-refractivity contribution in [2.45, 2.75) is 13.0 Å². The van der Waals surface area contributed by atoms with E-state index in [9.17, 15) is 4.79 Å². The van der Waals surface area contributed by atoms with Gasteiger partial charge in [0.05, 0.1) is 30.0 Å². The molecule has 0 atom stereocenters. The zero-order valence-electron chi connectivity index (χ0n) is 10.8. The molecule has 1 aromatic heterocycles. The van der Waals surface area contributed by atoms with E-state index in [0.29, 0.717) is 30.0 Å². The summed E-state index contributed by atoms with van der Waals surface area (Å²) in [6.45, 7) is 1.13. The highest BCUT2D eigenvalue weighted by Crippen LogP contribution is 2.12. The Kier molecular flexibility index (Phi) is 4.35. The summed E-state index contributed by atoms with van der Waals surface area (Å²) in [6.07, 6.45) is 3.79. The lowest BCUT2D eigenvalue weighted by Crippen LogP contribution is -2.10. The fourth-order valence-corrected chi connectivity index (χ4v) is 1.69. The summed E-state index contributed by atoms with van der Waals surface area (Å²) < 4.78 is 7.19. The van der Waals surface area contributed by atoms with Gasteiger partial charge in [-0.1, -0.05) is 6.07 Å². The number of carbonyl (C=O) groups is 1. The molecule has 1 aromatic carbocycles. The number of ether oxygens (including phenoxy) is 1. The minimum absolute atomic E-state index is 0.396. The molecule has 0 saturated heterocycles. The van der Waals surface area contributed by atoms with E-state index in [1.807, 2.05) is 0 Å². The Bertz CT molecular complexity index is 643. The molecule has 0 radical (unpaired) electrons. The van der Waals surface area contributed by atoms with Gasteiger partial charge in [0.25, 0.3) is 5.91 Å². The smallest absolute Gasteiger partial charge is 0.251 e. The number of amides is 1. The highest BCUT2D eigenvalue weighted by Gasteiger charge is 2.03. The van der Waals surface area contributed by atoms with Crippen molar-refractivity contribution in [3.05, 3.63) is 47.8 Å². The van der Waals surface area contributed by atoms with Crippen LogP contribution < -0.4 is 10.5 Å². The number of hydrogen-bond acceptors (Lipinski definition) is 4. The van der Waals surface area contributed by atoms with Crippen LogP contribution in [0.25, 0.3) is 0 Å². The molecule has 6 heteroatoms. The molecule has 6 nitrogen and oxygen atoms in total. The zero-order valence-corrected chi connectivity index (χ0v) is 10.8. The first-order chi connectivity index (χ1) is 9.69. The van der Waals surface area contributed by atoms with Crippen LogP contribution in [0.1, 0.15) is 22.3 Å². The van der Waals surface area contributed by atoms with Gasteiger partial charge in [0, 0.05) is 19.2 Å². The van der Waals surface area contributed by atoms with Gasteiger partial charge in [-0.05, 0) is 18.2 Å². The summed E-state index contributed by atoms with van der Waals surface area (Å²) in [5.74, 6) is 0.183. The summed E-state index contributed by atoms with van der Waals surface area (Å²) in [6, 6.07) is 9.06. The maximum Gasteiger partial charge on any atom is 0.251 e. The Morgan fingerprint density at radius 3 is 3.05 bits per heavy atom. The van der Waals surface area contributed by atoms with Crippen molar-refractivity contribution >= 4 is 5.91 Å². The molecule has 0 aliphatic carbocycles. The third-order valence-corrected chi connectivity index (χ3v) is 2.68. The number of benzene rings is 1. The van der Waals surface area contributed by atoms with Crippen LogP contribution in [0.15, 0.2) is 36.7 Å². The van der Waals surface area contributed by atoms with Gasteiger partial charge < -0.3 is 10.5 Å². The number of carbonyl (C=O) groups excluding carboxylic acids is 1. The van der Waals surface area contributed by atoms with E-state index >= 15 is 0 Å². The molecule has 0 aliphatic heterocycles. The van der Waals surface area contributed by atoms with E-state index in [1.54, 1.807) is 35.1 Å². The maximum absolute atomic E-state index is 10.9. The Balaban J connectivity index is 1.78. The average molecular weight is 270 g/mol. The van der Waals surface area contributed by atoms with E-state index in [4.69, 9.17) is 15.7 Å². The van der Waals surface area contributed by atoms with Crippen molar-refractivity contribution in [3.63, 3.8) is 0 Å². The van der Waals surface area contributed by atoms with Gasteiger partial charge in [0.1, 0.15) is 5.75 Å². The quantitative estimate of drug-likeness (QED) is 0.801. The van der Waals surface area contributed by atoms with Gasteiger partial charge in [-0.15, -0.1) is 0 Å². The number of primary amides is 1. The van der Waals surface area contributed by atoms with Crippen molar-refractivity contribution in [1.29, 1.82) is 5.26 Å².